The molecule has 0 unspecified atom stereocenters. The zero-order valence-corrected chi connectivity index (χ0v) is 14.4. The molecule has 1 aliphatic rings. The number of ether oxygens (including phenoxy) is 1. The molecule has 7 heteroatoms. The molecule has 0 spiro atoms. The van der Waals surface area contributed by atoms with Gasteiger partial charge < -0.3 is 10.1 Å². The molecule has 0 aliphatic carbocycles. The van der Waals surface area contributed by atoms with E-state index < -0.39 is 21.0 Å². The predicted octanol–water partition coefficient (Wildman–Crippen LogP) is 0.609. The number of nitrogens with one attached hydrogen (secondary N) is 1. The first-order valence-electron chi connectivity index (χ1n) is 7.73. The maximum absolute atomic E-state index is 12.1. The van der Waals surface area contributed by atoms with E-state index in [1.165, 1.54) is 6.92 Å². The number of hydrogen-bond acceptors (Lipinski definition) is 5. The van der Waals surface area contributed by atoms with Gasteiger partial charge in [0.25, 0.3) is 0 Å². The standard InChI is InChI=1S/C16H24N2O4S/c1-13(23(2,20)21)16(19)17-12-15(14-6-4-3-5-7-14)18-8-10-22-11-9-18/h3-7,13,15H,8-12H2,1-2H3,(H,17,19)/t13-,15-/m0/s1. The van der Waals surface area contributed by atoms with Gasteiger partial charge in [-0.2, -0.15) is 0 Å². The largest absolute Gasteiger partial charge is 0.379 e. The average molecular weight is 340 g/mol. The average Bonchev–Trinajstić information content (AvgIpc) is 2.55. The maximum atomic E-state index is 12.1. The molecule has 0 aromatic heterocycles. The zero-order valence-electron chi connectivity index (χ0n) is 13.6. The quantitative estimate of drug-likeness (QED) is 0.821. The van der Waals surface area contributed by atoms with Crippen LogP contribution in [0.25, 0.3) is 0 Å². The van der Waals surface area contributed by atoms with E-state index in [-0.39, 0.29) is 6.04 Å². The number of carbonyl (C=O) groups is 1. The fourth-order valence-corrected chi connectivity index (χ4v) is 3.03. The third-order valence-electron chi connectivity index (χ3n) is 4.15. The van der Waals surface area contributed by atoms with Gasteiger partial charge in [0.1, 0.15) is 5.25 Å². The Hall–Kier alpha value is -1.44. The summed E-state index contributed by atoms with van der Waals surface area (Å²) in [6, 6.07) is 9.92. The third-order valence-corrected chi connectivity index (χ3v) is 5.65. The molecule has 1 aromatic carbocycles. The van der Waals surface area contributed by atoms with Crippen molar-refractivity contribution < 1.29 is 17.9 Å². The summed E-state index contributed by atoms with van der Waals surface area (Å²) in [6.07, 6.45) is 1.08. The molecule has 6 nitrogen and oxygen atoms in total. The number of amides is 1. The third kappa shape index (κ3) is 5.02. The van der Waals surface area contributed by atoms with Crippen LogP contribution < -0.4 is 5.32 Å². The number of sulfone groups is 1. The van der Waals surface area contributed by atoms with Crippen LogP contribution >= 0.6 is 0 Å². The summed E-state index contributed by atoms with van der Waals surface area (Å²) in [4.78, 5) is 14.3. The lowest BCUT2D eigenvalue weighted by atomic mass is 10.0. The van der Waals surface area contributed by atoms with Crippen molar-refractivity contribution in [2.75, 3.05) is 39.1 Å². The fourth-order valence-electron chi connectivity index (χ4n) is 2.56. The van der Waals surface area contributed by atoms with Gasteiger partial charge in [-0.05, 0) is 12.5 Å². The number of morpholine rings is 1. The van der Waals surface area contributed by atoms with Crippen LogP contribution in [-0.2, 0) is 19.4 Å². The molecule has 0 bridgehead atoms. The number of carbonyl (C=O) groups excluding carboxylic acids is 1. The van der Waals surface area contributed by atoms with Gasteiger partial charge in [-0.15, -0.1) is 0 Å². The molecule has 23 heavy (non-hydrogen) atoms. The molecule has 128 valence electrons. The van der Waals surface area contributed by atoms with Crippen LogP contribution in [-0.4, -0.2) is 63.6 Å². The SMILES string of the molecule is C[C@@H](C(=O)NC[C@@H](c1ccccc1)N1CCOCC1)S(C)(=O)=O. The minimum atomic E-state index is -3.39. The monoisotopic (exact) mass is 340 g/mol. The van der Waals surface area contributed by atoms with Crippen LogP contribution in [0.4, 0.5) is 0 Å². The van der Waals surface area contributed by atoms with Crippen molar-refractivity contribution in [3.05, 3.63) is 35.9 Å². The van der Waals surface area contributed by atoms with Gasteiger partial charge in [0.2, 0.25) is 5.91 Å². The van der Waals surface area contributed by atoms with E-state index in [1.54, 1.807) is 0 Å². The van der Waals surface area contributed by atoms with E-state index in [2.05, 4.69) is 10.2 Å². The number of benzene rings is 1. The van der Waals surface area contributed by atoms with E-state index in [1.807, 2.05) is 30.3 Å². The highest BCUT2D eigenvalue weighted by Gasteiger charge is 2.27. The molecule has 1 N–H and O–H groups in total. The van der Waals surface area contributed by atoms with Gasteiger partial charge in [0, 0.05) is 25.9 Å². The lowest BCUT2D eigenvalue weighted by Gasteiger charge is -2.35. The molecule has 1 saturated heterocycles. The highest BCUT2D eigenvalue weighted by molar-refractivity contribution is 7.92. The lowest BCUT2D eigenvalue weighted by Crippen LogP contribution is -2.46. The summed E-state index contributed by atoms with van der Waals surface area (Å²) in [5.74, 6) is -0.457. The minimum Gasteiger partial charge on any atom is -0.379 e. The summed E-state index contributed by atoms with van der Waals surface area (Å²) >= 11 is 0. The van der Waals surface area contributed by atoms with Crippen molar-refractivity contribution in [3.63, 3.8) is 0 Å². The second-order valence-corrected chi connectivity index (χ2v) is 8.16. The van der Waals surface area contributed by atoms with Crippen LogP contribution in [0.2, 0.25) is 0 Å². The van der Waals surface area contributed by atoms with Crippen LogP contribution in [0.15, 0.2) is 30.3 Å². The first kappa shape index (κ1) is 17.9. The molecule has 1 fully saturated rings. The second-order valence-electron chi connectivity index (χ2n) is 5.79. The first-order valence-corrected chi connectivity index (χ1v) is 9.68. The smallest absolute Gasteiger partial charge is 0.238 e. The molecule has 2 atom stereocenters. The molecular weight excluding hydrogens is 316 g/mol. The van der Waals surface area contributed by atoms with Gasteiger partial charge in [-0.1, -0.05) is 30.3 Å². The molecule has 0 radical (unpaired) electrons. The van der Waals surface area contributed by atoms with E-state index in [0.29, 0.717) is 19.8 Å². The van der Waals surface area contributed by atoms with Crippen molar-refractivity contribution >= 4 is 15.7 Å². The number of hydrogen-bond donors (Lipinski definition) is 1. The number of nitrogens with zero attached hydrogens (tertiary/aromatic N) is 1. The molecule has 2 rings (SSSR count). The fraction of sp³-hybridized carbons (Fsp3) is 0.562. The van der Waals surface area contributed by atoms with Gasteiger partial charge >= 0.3 is 0 Å². The predicted molar refractivity (Wildman–Crippen MR) is 88.9 cm³/mol. The Labute approximate surface area is 137 Å². The van der Waals surface area contributed by atoms with Crippen molar-refractivity contribution in [3.8, 4) is 0 Å². The van der Waals surface area contributed by atoms with Crippen molar-refractivity contribution in [1.29, 1.82) is 0 Å². The van der Waals surface area contributed by atoms with Crippen LogP contribution in [0, 0.1) is 0 Å². The highest BCUT2D eigenvalue weighted by atomic mass is 32.2. The summed E-state index contributed by atoms with van der Waals surface area (Å²) < 4.78 is 28.4. The van der Waals surface area contributed by atoms with Gasteiger partial charge in [0.05, 0.1) is 19.3 Å². The van der Waals surface area contributed by atoms with E-state index in [4.69, 9.17) is 4.74 Å². The molecule has 1 aliphatic heterocycles. The van der Waals surface area contributed by atoms with Gasteiger partial charge in [-0.3, -0.25) is 9.69 Å². The van der Waals surface area contributed by atoms with Crippen molar-refractivity contribution in [2.45, 2.75) is 18.2 Å². The normalized spacial score (nSPS) is 19.0. The first-order chi connectivity index (χ1) is 10.9. The molecule has 0 saturated carbocycles. The zero-order chi connectivity index (χ0) is 16.9. The molecule has 1 amide bonds. The van der Waals surface area contributed by atoms with Crippen LogP contribution in [0.5, 0.6) is 0 Å². The second kappa shape index (κ2) is 7.90. The Morgan fingerprint density at radius 1 is 1.26 bits per heavy atom. The Kier molecular flexibility index (Phi) is 6.15. The Balaban J connectivity index is 2.07. The maximum Gasteiger partial charge on any atom is 0.238 e. The number of rotatable bonds is 6. The Morgan fingerprint density at radius 2 is 1.87 bits per heavy atom. The molecular formula is C16H24N2O4S. The van der Waals surface area contributed by atoms with Crippen molar-refractivity contribution in [2.24, 2.45) is 0 Å². The summed E-state index contributed by atoms with van der Waals surface area (Å²) in [7, 11) is -3.39. The minimum absolute atomic E-state index is 0.0100. The van der Waals surface area contributed by atoms with Gasteiger partial charge in [-0.25, -0.2) is 8.42 Å². The summed E-state index contributed by atoms with van der Waals surface area (Å²) in [5, 5.41) is 1.75. The van der Waals surface area contributed by atoms with E-state index in [0.717, 1.165) is 24.9 Å². The topological polar surface area (TPSA) is 75.7 Å². The Morgan fingerprint density at radius 3 is 2.43 bits per heavy atom. The summed E-state index contributed by atoms with van der Waals surface area (Å²) in [6.45, 7) is 4.70. The van der Waals surface area contributed by atoms with E-state index >= 15 is 0 Å². The van der Waals surface area contributed by atoms with Gasteiger partial charge in [0.15, 0.2) is 9.84 Å². The highest BCUT2D eigenvalue weighted by Crippen LogP contribution is 2.21. The lowest BCUT2D eigenvalue weighted by molar-refractivity contribution is -0.120. The van der Waals surface area contributed by atoms with Crippen LogP contribution in [0.3, 0.4) is 0 Å². The van der Waals surface area contributed by atoms with Crippen LogP contribution in [0.1, 0.15) is 18.5 Å². The Bertz CT molecular complexity index is 612. The van der Waals surface area contributed by atoms with E-state index in [9.17, 15) is 13.2 Å². The molecule has 1 heterocycles. The van der Waals surface area contributed by atoms with Crippen molar-refractivity contribution in [1.82, 2.24) is 10.2 Å². The molecule has 1 aromatic rings. The summed E-state index contributed by atoms with van der Waals surface area (Å²) in [5.41, 5.74) is 1.10.